The summed E-state index contributed by atoms with van der Waals surface area (Å²) >= 11 is 0. The number of rotatable bonds is 7. The van der Waals surface area contributed by atoms with Crippen LogP contribution >= 0.6 is 0 Å². The molecule has 1 aromatic carbocycles. The molecule has 0 saturated carbocycles. The average Bonchev–Trinajstić information content (AvgIpc) is 2.34. The van der Waals surface area contributed by atoms with Crippen molar-refractivity contribution in [1.29, 1.82) is 0 Å². The fourth-order valence-corrected chi connectivity index (χ4v) is 1.53. The summed E-state index contributed by atoms with van der Waals surface area (Å²) in [7, 11) is 0. The third-order valence-corrected chi connectivity index (χ3v) is 2.49. The van der Waals surface area contributed by atoms with E-state index in [9.17, 15) is 4.79 Å². The quantitative estimate of drug-likeness (QED) is 0.516. The van der Waals surface area contributed by atoms with Gasteiger partial charge in [-0.25, -0.2) is 4.79 Å². The van der Waals surface area contributed by atoms with Crippen LogP contribution in [0.5, 0.6) is 0 Å². The Morgan fingerprint density at radius 3 is 2.44 bits per heavy atom. The molecule has 1 rings (SSSR count). The first-order chi connectivity index (χ1) is 7.84. The Morgan fingerprint density at radius 1 is 1.06 bits per heavy atom. The molecular weight excluding hydrogens is 200 g/mol. The molecule has 2 heteroatoms. The molecule has 0 amide bonds. The summed E-state index contributed by atoms with van der Waals surface area (Å²) in [5.74, 6) is -0.212. The van der Waals surface area contributed by atoms with Crippen molar-refractivity contribution in [2.24, 2.45) is 0 Å². The molecular formula is C14H20O2. The van der Waals surface area contributed by atoms with E-state index in [1.165, 1.54) is 19.3 Å². The van der Waals surface area contributed by atoms with Gasteiger partial charge in [-0.2, -0.15) is 0 Å². The summed E-state index contributed by atoms with van der Waals surface area (Å²) in [6, 6.07) is 9.13. The largest absolute Gasteiger partial charge is 0.462 e. The summed E-state index contributed by atoms with van der Waals surface area (Å²) < 4.78 is 5.17. The summed E-state index contributed by atoms with van der Waals surface area (Å²) in [4.78, 5) is 11.5. The molecule has 2 nitrogen and oxygen atoms in total. The molecule has 0 heterocycles. The van der Waals surface area contributed by atoms with Gasteiger partial charge in [0.25, 0.3) is 0 Å². The minimum Gasteiger partial charge on any atom is -0.462 e. The standard InChI is InChI=1S/C14H20O2/c1-2-3-4-5-9-12-16-14(15)13-10-7-6-8-11-13/h6-8,10-11H,2-5,9,12H2,1H3. The number of hydrogen-bond acceptors (Lipinski definition) is 2. The second kappa shape index (κ2) is 7.91. The normalized spacial score (nSPS) is 10.1. The molecule has 0 aliphatic rings. The van der Waals surface area contributed by atoms with Crippen molar-refractivity contribution in [3.05, 3.63) is 35.9 Å². The number of esters is 1. The van der Waals surface area contributed by atoms with Crippen LogP contribution in [-0.2, 0) is 4.74 Å². The van der Waals surface area contributed by atoms with Gasteiger partial charge in [-0.3, -0.25) is 0 Å². The molecule has 0 aliphatic heterocycles. The van der Waals surface area contributed by atoms with Crippen molar-refractivity contribution < 1.29 is 9.53 Å². The lowest BCUT2D eigenvalue weighted by molar-refractivity contribution is 0.0497. The molecule has 0 atom stereocenters. The Labute approximate surface area is 97.6 Å². The average molecular weight is 220 g/mol. The molecule has 88 valence electrons. The van der Waals surface area contributed by atoms with E-state index >= 15 is 0 Å². The van der Waals surface area contributed by atoms with Gasteiger partial charge in [-0.1, -0.05) is 50.8 Å². The predicted octanol–water partition coefficient (Wildman–Crippen LogP) is 3.81. The second-order valence-corrected chi connectivity index (χ2v) is 3.92. The summed E-state index contributed by atoms with van der Waals surface area (Å²) in [5, 5.41) is 0. The Hall–Kier alpha value is -1.31. The Bertz CT molecular complexity index is 293. The van der Waals surface area contributed by atoms with E-state index in [0.717, 1.165) is 12.8 Å². The summed E-state index contributed by atoms with van der Waals surface area (Å²) in [6.45, 7) is 2.73. The van der Waals surface area contributed by atoms with Gasteiger partial charge in [0.15, 0.2) is 0 Å². The van der Waals surface area contributed by atoms with Crippen LogP contribution in [0.4, 0.5) is 0 Å². The van der Waals surface area contributed by atoms with Crippen molar-refractivity contribution in [2.75, 3.05) is 6.61 Å². The van der Waals surface area contributed by atoms with Gasteiger partial charge in [0, 0.05) is 0 Å². The van der Waals surface area contributed by atoms with E-state index in [4.69, 9.17) is 4.74 Å². The Kier molecular flexibility index (Phi) is 6.31. The monoisotopic (exact) mass is 220 g/mol. The van der Waals surface area contributed by atoms with Crippen molar-refractivity contribution >= 4 is 5.97 Å². The minimum atomic E-state index is -0.212. The molecule has 0 aliphatic carbocycles. The van der Waals surface area contributed by atoms with Crippen LogP contribution in [0.15, 0.2) is 30.3 Å². The number of benzene rings is 1. The summed E-state index contributed by atoms with van der Waals surface area (Å²) in [5.41, 5.74) is 0.635. The van der Waals surface area contributed by atoms with Crippen molar-refractivity contribution in [1.82, 2.24) is 0 Å². The zero-order valence-electron chi connectivity index (χ0n) is 9.95. The Balaban J connectivity index is 2.12. The van der Waals surface area contributed by atoms with Crippen LogP contribution in [-0.4, -0.2) is 12.6 Å². The van der Waals surface area contributed by atoms with Gasteiger partial charge in [0.2, 0.25) is 0 Å². The highest BCUT2D eigenvalue weighted by Gasteiger charge is 2.04. The molecule has 0 bridgehead atoms. The maximum absolute atomic E-state index is 11.5. The molecule has 16 heavy (non-hydrogen) atoms. The van der Waals surface area contributed by atoms with Crippen molar-refractivity contribution in [3.63, 3.8) is 0 Å². The fraction of sp³-hybridized carbons (Fsp3) is 0.500. The molecule has 0 saturated heterocycles. The van der Waals surface area contributed by atoms with E-state index in [2.05, 4.69) is 6.92 Å². The lowest BCUT2D eigenvalue weighted by atomic mass is 10.2. The molecule has 0 fully saturated rings. The molecule has 0 N–H and O–H groups in total. The lowest BCUT2D eigenvalue weighted by Crippen LogP contribution is -2.06. The smallest absolute Gasteiger partial charge is 0.338 e. The number of hydrogen-bond donors (Lipinski definition) is 0. The highest BCUT2D eigenvalue weighted by molar-refractivity contribution is 5.89. The van der Waals surface area contributed by atoms with Crippen LogP contribution < -0.4 is 0 Å². The van der Waals surface area contributed by atoms with Crippen molar-refractivity contribution in [2.45, 2.75) is 39.0 Å². The molecule has 0 aromatic heterocycles. The predicted molar refractivity (Wildman–Crippen MR) is 65.5 cm³/mol. The van der Waals surface area contributed by atoms with Gasteiger partial charge in [0.05, 0.1) is 12.2 Å². The minimum absolute atomic E-state index is 0.212. The fourth-order valence-electron chi connectivity index (χ4n) is 1.53. The van der Waals surface area contributed by atoms with Gasteiger partial charge in [0.1, 0.15) is 0 Å². The first-order valence-electron chi connectivity index (χ1n) is 6.06. The van der Waals surface area contributed by atoms with Gasteiger partial charge in [-0.15, -0.1) is 0 Å². The van der Waals surface area contributed by atoms with E-state index < -0.39 is 0 Å². The van der Waals surface area contributed by atoms with E-state index in [0.29, 0.717) is 12.2 Å². The lowest BCUT2D eigenvalue weighted by Gasteiger charge is -2.04. The number of carbonyl (C=O) groups is 1. The highest BCUT2D eigenvalue weighted by Crippen LogP contribution is 2.05. The maximum Gasteiger partial charge on any atom is 0.338 e. The second-order valence-electron chi connectivity index (χ2n) is 3.92. The van der Waals surface area contributed by atoms with E-state index in [1.807, 2.05) is 18.2 Å². The third kappa shape index (κ3) is 4.96. The molecule has 0 spiro atoms. The Morgan fingerprint density at radius 2 is 1.75 bits per heavy atom. The molecule has 0 radical (unpaired) electrons. The van der Waals surface area contributed by atoms with Gasteiger partial charge in [-0.05, 0) is 18.6 Å². The van der Waals surface area contributed by atoms with Crippen LogP contribution in [0.1, 0.15) is 49.4 Å². The first kappa shape index (κ1) is 12.8. The third-order valence-electron chi connectivity index (χ3n) is 2.49. The first-order valence-corrected chi connectivity index (χ1v) is 6.06. The van der Waals surface area contributed by atoms with Crippen molar-refractivity contribution in [3.8, 4) is 0 Å². The molecule has 1 aromatic rings. The highest BCUT2D eigenvalue weighted by atomic mass is 16.5. The zero-order valence-corrected chi connectivity index (χ0v) is 9.95. The molecule has 0 unspecified atom stereocenters. The van der Waals surface area contributed by atoms with Crippen LogP contribution in [0, 0.1) is 0 Å². The number of unbranched alkanes of at least 4 members (excludes halogenated alkanes) is 4. The van der Waals surface area contributed by atoms with Crippen LogP contribution in [0.3, 0.4) is 0 Å². The SMILES string of the molecule is CCCCCCCOC(=O)c1ccccc1. The summed E-state index contributed by atoms with van der Waals surface area (Å²) in [6.07, 6.45) is 5.87. The van der Waals surface area contributed by atoms with Crippen LogP contribution in [0.25, 0.3) is 0 Å². The number of carbonyl (C=O) groups excluding carboxylic acids is 1. The number of ether oxygens (including phenoxy) is 1. The van der Waals surface area contributed by atoms with E-state index in [1.54, 1.807) is 12.1 Å². The van der Waals surface area contributed by atoms with Crippen LogP contribution in [0.2, 0.25) is 0 Å². The van der Waals surface area contributed by atoms with Gasteiger partial charge >= 0.3 is 5.97 Å². The zero-order chi connectivity index (χ0) is 11.6. The van der Waals surface area contributed by atoms with E-state index in [-0.39, 0.29) is 5.97 Å². The maximum atomic E-state index is 11.5. The van der Waals surface area contributed by atoms with Gasteiger partial charge < -0.3 is 4.74 Å². The topological polar surface area (TPSA) is 26.3 Å².